The van der Waals surface area contributed by atoms with Crippen molar-refractivity contribution in [3.63, 3.8) is 0 Å². The molecule has 4 rings (SSSR count). The summed E-state index contributed by atoms with van der Waals surface area (Å²) in [7, 11) is 3.41. The first kappa shape index (κ1) is 22.9. The van der Waals surface area contributed by atoms with Crippen molar-refractivity contribution < 1.29 is 14.3 Å². The molecule has 0 amide bonds. The van der Waals surface area contributed by atoms with E-state index in [1.165, 1.54) is 62.5 Å². The SMILES string of the molecule is COc1ccc([C@@H](CC(=O)C[C@@H](c2ccc(OC)cc2)C2CCCC2)C2CCCC2)cc1. The molecule has 2 fully saturated rings. The molecule has 0 aliphatic heterocycles. The normalized spacial score (nSPS) is 19.1. The average molecular weight is 435 g/mol. The van der Waals surface area contributed by atoms with Crippen LogP contribution in [-0.4, -0.2) is 20.0 Å². The monoisotopic (exact) mass is 434 g/mol. The first-order valence-electron chi connectivity index (χ1n) is 12.5. The molecule has 2 aromatic carbocycles. The molecule has 0 saturated heterocycles. The minimum atomic E-state index is 0.330. The molecule has 2 aliphatic carbocycles. The van der Waals surface area contributed by atoms with Gasteiger partial charge in [0.1, 0.15) is 17.3 Å². The van der Waals surface area contributed by atoms with E-state index < -0.39 is 0 Å². The van der Waals surface area contributed by atoms with Crippen LogP contribution in [0.5, 0.6) is 11.5 Å². The van der Waals surface area contributed by atoms with Gasteiger partial charge in [-0.1, -0.05) is 49.9 Å². The molecular formula is C29H38O3. The first-order valence-corrected chi connectivity index (χ1v) is 12.5. The van der Waals surface area contributed by atoms with Crippen molar-refractivity contribution >= 4 is 5.78 Å². The summed E-state index contributed by atoms with van der Waals surface area (Å²) in [5.41, 5.74) is 2.60. The van der Waals surface area contributed by atoms with Gasteiger partial charge >= 0.3 is 0 Å². The lowest BCUT2D eigenvalue weighted by Crippen LogP contribution is -2.19. The largest absolute Gasteiger partial charge is 0.497 e. The van der Waals surface area contributed by atoms with Crippen LogP contribution in [0, 0.1) is 11.8 Å². The van der Waals surface area contributed by atoms with Crippen molar-refractivity contribution in [2.24, 2.45) is 11.8 Å². The molecule has 0 heterocycles. The van der Waals surface area contributed by atoms with Crippen molar-refractivity contribution in [1.29, 1.82) is 0 Å². The van der Waals surface area contributed by atoms with Crippen LogP contribution in [0.4, 0.5) is 0 Å². The third-order valence-electron chi connectivity index (χ3n) is 7.92. The lowest BCUT2D eigenvalue weighted by Gasteiger charge is -2.27. The predicted molar refractivity (Wildman–Crippen MR) is 130 cm³/mol. The Morgan fingerprint density at radius 1 is 0.688 bits per heavy atom. The Hall–Kier alpha value is -2.29. The van der Waals surface area contributed by atoms with Gasteiger partial charge in [0.15, 0.2) is 0 Å². The summed E-state index contributed by atoms with van der Waals surface area (Å²) in [5, 5.41) is 0. The minimum Gasteiger partial charge on any atom is -0.497 e. The highest BCUT2D eigenvalue weighted by Crippen LogP contribution is 2.43. The fourth-order valence-electron chi connectivity index (χ4n) is 6.11. The van der Waals surface area contributed by atoms with E-state index in [1.54, 1.807) is 14.2 Å². The number of hydrogen-bond donors (Lipinski definition) is 0. The Kier molecular flexibility index (Phi) is 7.89. The maximum absolute atomic E-state index is 13.5. The van der Waals surface area contributed by atoms with E-state index in [2.05, 4.69) is 24.3 Å². The zero-order valence-electron chi connectivity index (χ0n) is 19.7. The Balaban J connectivity index is 1.51. The maximum atomic E-state index is 13.5. The molecule has 32 heavy (non-hydrogen) atoms. The van der Waals surface area contributed by atoms with Crippen molar-refractivity contribution in [3.05, 3.63) is 59.7 Å². The summed E-state index contributed by atoms with van der Waals surface area (Å²) in [6, 6.07) is 16.9. The number of ketones is 1. The van der Waals surface area contributed by atoms with E-state index in [1.807, 2.05) is 24.3 Å². The van der Waals surface area contributed by atoms with Crippen molar-refractivity contribution in [1.82, 2.24) is 0 Å². The highest BCUT2D eigenvalue weighted by molar-refractivity contribution is 5.80. The summed E-state index contributed by atoms with van der Waals surface area (Å²) in [6.07, 6.45) is 11.5. The van der Waals surface area contributed by atoms with E-state index in [-0.39, 0.29) is 0 Å². The number of ether oxygens (including phenoxy) is 2. The van der Waals surface area contributed by atoms with Gasteiger partial charge in [0.05, 0.1) is 14.2 Å². The molecule has 2 atom stereocenters. The van der Waals surface area contributed by atoms with Gasteiger partial charge in [-0.25, -0.2) is 0 Å². The number of Topliss-reactive ketones (excluding diaryl/α,β-unsaturated/α-hetero) is 1. The lowest BCUT2D eigenvalue weighted by molar-refractivity contribution is -0.120. The molecule has 2 aliphatic rings. The van der Waals surface area contributed by atoms with Crippen LogP contribution in [0.2, 0.25) is 0 Å². The van der Waals surface area contributed by atoms with Crippen molar-refractivity contribution in [2.45, 2.75) is 76.0 Å². The Morgan fingerprint density at radius 3 is 1.34 bits per heavy atom. The Bertz CT molecular complexity index is 771. The fourth-order valence-corrected chi connectivity index (χ4v) is 6.11. The maximum Gasteiger partial charge on any atom is 0.134 e. The van der Waals surface area contributed by atoms with Gasteiger partial charge in [-0.3, -0.25) is 4.79 Å². The van der Waals surface area contributed by atoms with Crippen LogP contribution < -0.4 is 9.47 Å². The van der Waals surface area contributed by atoms with E-state index in [0.29, 0.717) is 42.3 Å². The molecule has 0 bridgehead atoms. The molecule has 3 nitrogen and oxygen atoms in total. The smallest absolute Gasteiger partial charge is 0.134 e. The topological polar surface area (TPSA) is 35.5 Å². The summed E-state index contributed by atoms with van der Waals surface area (Å²) in [4.78, 5) is 13.5. The van der Waals surface area contributed by atoms with Gasteiger partial charge in [-0.15, -0.1) is 0 Å². The van der Waals surface area contributed by atoms with Gasteiger partial charge in [0.25, 0.3) is 0 Å². The summed E-state index contributed by atoms with van der Waals surface area (Å²) in [5.74, 6) is 4.09. The second-order valence-corrected chi connectivity index (χ2v) is 9.80. The van der Waals surface area contributed by atoms with E-state index >= 15 is 0 Å². The molecule has 2 aromatic rings. The minimum absolute atomic E-state index is 0.330. The zero-order chi connectivity index (χ0) is 22.3. The standard InChI is InChI=1S/C29H38O3/c1-31-26-15-11-23(12-16-26)28(21-7-3-4-8-21)19-25(30)20-29(22-9-5-6-10-22)24-13-17-27(32-2)18-14-24/h11-18,21-22,28-29H,3-10,19-20H2,1-2H3/t28-,29+. The average Bonchev–Trinajstić information content (AvgIpc) is 3.56. The molecule has 0 N–H and O–H groups in total. The quantitative estimate of drug-likeness (QED) is 0.393. The van der Waals surface area contributed by atoms with Crippen LogP contribution in [0.15, 0.2) is 48.5 Å². The van der Waals surface area contributed by atoms with Crippen LogP contribution in [0.1, 0.15) is 87.2 Å². The molecule has 0 aromatic heterocycles. The first-order chi connectivity index (χ1) is 15.7. The van der Waals surface area contributed by atoms with Crippen LogP contribution in [0.3, 0.4) is 0 Å². The number of carbonyl (C=O) groups is 1. The highest BCUT2D eigenvalue weighted by atomic mass is 16.5. The van der Waals surface area contributed by atoms with E-state index in [0.717, 1.165) is 11.5 Å². The Labute approximate surface area is 193 Å². The number of carbonyl (C=O) groups excluding carboxylic acids is 1. The molecule has 0 unspecified atom stereocenters. The van der Waals surface area contributed by atoms with Crippen LogP contribution in [0.25, 0.3) is 0 Å². The fraction of sp³-hybridized carbons (Fsp3) is 0.552. The predicted octanol–water partition coefficient (Wildman–Crippen LogP) is 7.30. The molecule has 172 valence electrons. The van der Waals surface area contributed by atoms with Crippen molar-refractivity contribution in [3.8, 4) is 11.5 Å². The van der Waals surface area contributed by atoms with E-state index in [9.17, 15) is 4.79 Å². The number of hydrogen-bond acceptors (Lipinski definition) is 3. The molecule has 3 heteroatoms. The highest BCUT2D eigenvalue weighted by Gasteiger charge is 2.32. The lowest BCUT2D eigenvalue weighted by atomic mass is 9.77. The van der Waals surface area contributed by atoms with Crippen LogP contribution in [-0.2, 0) is 4.79 Å². The van der Waals surface area contributed by atoms with Crippen molar-refractivity contribution in [2.75, 3.05) is 14.2 Å². The third kappa shape index (κ3) is 5.54. The second-order valence-electron chi connectivity index (χ2n) is 9.80. The second kappa shape index (κ2) is 11.0. The number of benzene rings is 2. The molecular weight excluding hydrogens is 396 g/mol. The molecule has 2 saturated carbocycles. The molecule has 0 spiro atoms. The van der Waals surface area contributed by atoms with Gasteiger partial charge in [0, 0.05) is 12.8 Å². The van der Waals surface area contributed by atoms with Crippen LogP contribution >= 0.6 is 0 Å². The summed E-state index contributed by atoms with van der Waals surface area (Å²) in [6.45, 7) is 0. The van der Waals surface area contributed by atoms with Gasteiger partial charge in [0.2, 0.25) is 0 Å². The van der Waals surface area contributed by atoms with Gasteiger partial charge in [-0.2, -0.15) is 0 Å². The molecule has 0 radical (unpaired) electrons. The summed E-state index contributed by atoms with van der Waals surface area (Å²) < 4.78 is 10.7. The summed E-state index contributed by atoms with van der Waals surface area (Å²) >= 11 is 0. The third-order valence-corrected chi connectivity index (χ3v) is 7.92. The zero-order valence-corrected chi connectivity index (χ0v) is 19.7. The Morgan fingerprint density at radius 2 is 1.03 bits per heavy atom. The van der Waals surface area contributed by atoms with Gasteiger partial charge in [-0.05, 0) is 84.7 Å². The number of rotatable bonds is 10. The van der Waals surface area contributed by atoms with E-state index in [4.69, 9.17) is 9.47 Å². The number of methoxy groups -OCH3 is 2. The van der Waals surface area contributed by atoms with Gasteiger partial charge < -0.3 is 9.47 Å².